The van der Waals surface area contributed by atoms with E-state index < -0.39 is 24.2 Å². The number of benzene rings is 1. The zero-order valence-electron chi connectivity index (χ0n) is 12.0. The fraction of sp³-hybridized carbons (Fsp3) is 0.467. The van der Waals surface area contributed by atoms with Crippen molar-refractivity contribution in [3.05, 3.63) is 35.4 Å². The van der Waals surface area contributed by atoms with E-state index in [2.05, 4.69) is 5.32 Å². The van der Waals surface area contributed by atoms with Gasteiger partial charge in [0, 0.05) is 17.7 Å². The first-order chi connectivity index (χ1) is 9.81. The fourth-order valence-corrected chi connectivity index (χ4v) is 1.97. The summed E-state index contributed by atoms with van der Waals surface area (Å²) in [4.78, 5) is 23.0. The number of hydrogen-bond donors (Lipinski definition) is 2. The van der Waals surface area contributed by atoms with Crippen LogP contribution in [-0.2, 0) is 4.79 Å². The number of carboxylic acids is 1. The molecule has 0 aliphatic carbocycles. The first-order valence-corrected chi connectivity index (χ1v) is 6.70. The van der Waals surface area contributed by atoms with Gasteiger partial charge in [0.25, 0.3) is 12.3 Å². The number of alkyl halides is 2. The molecule has 4 nitrogen and oxygen atoms in total. The highest BCUT2D eigenvalue weighted by molar-refractivity contribution is 5.94. The molecule has 2 N–H and O–H groups in total. The molecule has 1 rings (SSSR count). The average Bonchev–Trinajstić information content (AvgIpc) is 2.42. The molecule has 1 atom stereocenters. The van der Waals surface area contributed by atoms with E-state index >= 15 is 0 Å². The quantitative estimate of drug-likeness (QED) is 0.813. The third kappa shape index (κ3) is 5.49. The lowest BCUT2D eigenvalue weighted by Crippen LogP contribution is -2.33. The average molecular weight is 299 g/mol. The highest BCUT2D eigenvalue weighted by Crippen LogP contribution is 2.19. The molecule has 0 saturated heterocycles. The second-order valence-electron chi connectivity index (χ2n) is 5.30. The van der Waals surface area contributed by atoms with E-state index in [9.17, 15) is 18.4 Å². The molecule has 0 aliphatic rings. The lowest BCUT2D eigenvalue weighted by atomic mass is 9.97. The summed E-state index contributed by atoms with van der Waals surface area (Å²) in [6, 6.07) is 5.14. The third-order valence-corrected chi connectivity index (χ3v) is 3.01. The molecule has 21 heavy (non-hydrogen) atoms. The van der Waals surface area contributed by atoms with Gasteiger partial charge in [0.05, 0.1) is 5.92 Å². The molecule has 116 valence electrons. The normalized spacial score (nSPS) is 12.5. The summed E-state index contributed by atoms with van der Waals surface area (Å²) in [6.45, 7) is 3.76. The Morgan fingerprint density at radius 2 is 1.95 bits per heavy atom. The summed E-state index contributed by atoms with van der Waals surface area (Å²) >= 11 is 0. The van der Waals surface area contributed by atoms with Crippen molar-refractivity contribution in [3.63, 3.8) is 0 Å². The fourth-order valence-electron chi connectivity index (χ4n) is 1.97. The van der Waals surface area contributed by atoms with Crippen molar-refractivity contribution >= 4 is 11.9 Å². The third-order valence-electron chi connectivity index (χ3n) is 3.01. The van der Waals surface area contributed by atoms with Crippen molar-refractivity contribution in [1.82, 2.24) is 5.32 Å². The Morgan fingerprint density at radius 3 is 2.48 bits per heavy atom. The van der Waals surface area contributed by atoms with Gasteiger partial charge in [-0.1, -0.05) is 26.0 Å². The highest BCUT2D eigenvalue weighted by Gasteiger charge is 2.20. The summed E-state index contributed by atoms with van der Waals surface area (Å²) in [5, 5.41) is 11.6. The smallest absolute Gasteiger partial charge is 0.308 e. The summed E-state index contributed by atoms with van der Waals surface area (Å²) in [6.07, 6.45) is -2.21. The number of amides is 1. The Hall–Kier alpha value is -1.98. The van der Waals surface area contributed by atoms with Crippen LogP contribution in [0.25, 0.3) is 0 Å². The van der Waals surface area contributed by atoms with Crippen LogP contribution in [0.5, 0.6) is 0 Å². The maximum atomic E-state index is 12.6. The first kappa shape index (κ1) is 17.1. The van der Waals surface area contributed by atoms with E-state index in [0.29, 0.717) is 6.42 Å². The molecule has 6 heteroatoms. The van der Waals surface area contributed by atoms with Gasteiger partial charge in [-0.15, -0.1) is 0 Å². The molecule has 0 aromatic heterocycles. The molecule has 0 saturated carbocycles. The van der Waals surface area contributed by atoms with Crippen LogP contribution in [0.2, 0.25) is 0 Å². The molecule has 0 spiro atoms. The van der Waals surface area contributed by atoms with Crippen LogP contribution in [-0.4, -0.2) is 23.5 Å². The van der Waals surface area contributed by atoms with Gasteiger partial charge in [0.2, 0.25) is 0 Å². The minimum absolute atomic E-state index is 0.0226. The van der Waals surface area contributed by atoms with Gasteiger partial charge in [0.1, 0.15) is 0 Å². The van der Waals surface area contributed by atoms with Crippen molar-refractivity contribution in [2.24, 2.45) is 11.8 Å². The van der Waals surface area contributed by atoms with Crippen molar-refractivity contribution < 1.29 is 23.5 Å². The number of halogens is 2. The second kappa shape index (κ2) is 7.71. The van der Waals surface area contributed by atoms with Gasteiger partial charge in [-0.25, -0.2) is 8.78 Å². The van der Waals surface area contributed by atoms with E-state index in [-0.39, 0.29) is 23.6 Å². The number of aliphatic carboxylic acids is 1. The number of rotatable bonds is 7. The van der Waals surface area contributed by atoms with Gasteiger partial charge in [-0.3, -0.25) is 9.59 Å². The monoisotopic (exact) mass is 299 g/mol. The van der Waals surface area contributed by atoms with Crippen LogP contribution in [0.1, 0.15) is 42.6 Å². The maximum Gasteiger partial charge on any atom is 0.308 e. The Bertz CT molecular complexity index is 503. The summed E-state index contributed by atoms with van der Waals surface area (Å²) in [7, 11) is 0. The van der Waals surface area contributed by atoms with E-state index in [1.54, 1.807) is 0 Å². The van der Waals surface area contributed by atoms with Crippen LogP contribution < -0.4 is 5.32 Å². The Kier molecular flexibility index (Phi) is 6.27. The van der Waals surface area contributed by atoms with E-state index in [1.165, 1.54) is 18.2 Å². The summed E-state index contributed by atoms with van der Waals surface area (Å²) in [5.74, 6) is -2.03. The molecule has 1 amide bonds. The van der Waals surface area contributed by atoms with Crippen LogP contribution in [0, 0.1) is 11.8 Å². The van der Waals surface area contributed by atoms with E-state index in [4.69, 9.17) is 5.11 Å². The van der Waals surface area contributed by atoms with Gasteiger partial charge >= 0.3 is 5.97 Å². The van der Waals surface area contributed by atoms with E-state index in [0.717, 1.165) is 6.07 Å². The molecular weight excluding hydrogens is 280 g/mol. The number of carboxylic acid groups (broad SMARTS) is 1. The molecule has 1 aromatic carbocycles. The molecule has 0 bridgehead atoms. The van der Waals surface area contributed by atoms with Crippen molar-refractivity contribution in [2.75, 3.05) is 6.54 Å². The van der Waals surface area contributed by atoms with Crippen LogP contribution >= 0.6 is 0 Å². The summed E-state index contributed by atoms with van der Waals surface area (Å²) < 4.78 is 25.1. The lowest BCUT2D eigenvalue weighted by Gasteiger charge is -2.15. The van der Waals surface area contributed by atoms with Crippen LogP contribution in [0.3, 0.4) is 0 Å². The molecule has 0 aliphatic heterocycles. The maximum absolute atomic E-state index is 12.6. The predicted octanol–water partition coefficient (Wildman–Crippen LogP) is 3.10. The molecule has 1 unspecified atom stereocenters. The first-order valence-electron chi connectivity index (χ1n) is 6.70. The SMILES string of the molecule is CC(C)CC(CNC(=O)c1cccc(C(F)F)c1)C(=O)O. The molecule has 0 radical (unpaired) electrons. The van der Waals surface area contributed by atoms with Gasteiger partial charge in [0.15, 0.2) is 0 Å². The lowest BCUT2D eigenvalue weighted by molar-refractivity contribution is -0.142. The minimum Gasteiger partial charge on any atom is -0.481 e. The molecular formula is C15H19F2NO3. The number of nitrogens with one attached hydrogen (secondary N) is 1. The Morgan fingerprint density at radius 1 is 1.29 bits per heavy atom. The zero-order valence-corrected chi connectivity index (χ0v) is 12.0. The molecule has 0 heterocycles. The zero-order chi connectivity index (χ0) is 16.0. The van der Waals surface area contributed by atoms with Crippen molar-refractivity contribution in [2.45, 2.75) is 26.7 Å². The number of hydrogen-bond acceptors (Lipinski definition) is 2. The van der Waals surface area contributed by atoms with Gasteiger partial charge < -0.3 is 10.4 Å². The van der Waals surface area contributed by atoms with Crippen molar-refractivity contribution in [3.8, 4) is 0 Å². The highest BCUT2D eigenvalue weighted by atomic mass is 19.3. The van der Waals surface area contributed by atoms with Gasteiger partial charge in [-0.2, -0.15) is 0 Å². The largest absolute Gasteiger partial charge is 0.481 e. The van der Waals surface area contributed by atoms with Gasteiger partial charge in [-0.05, 0) is 24.5 Å². The Balaban J connectivity index is 2.68. The minimum atomic E-state index is -2.65. The topological polar surface area (TPSA) is 66.4 Å². The number of carbonyl (C=O) groups excluding carboxylic acids is 1. The number of carbonyl (C=O) groups is 2. The Labute approximate surface area is 122 Å². The second-order valence-corrected chi connectivity index (χ2v) is 5.30. The van der Waals surface area contributed by atoms with Crippen LogP contribution in [0.4, 0.5) is 8.78 Å². The molecule has 1 aromatic rings. The summed E-state index contributed by atoms with van der Waals surface area (Å²) in [5.41, 5.74) is -0.138. The van der Waals surface area contributed by atoms with E-state index in [1.807, 2.05) is 13.8 Å². The predicted molar refractivity (Wildman–Crippen MR) is 74.3 cm³/mol. The van der Waals surface area contributed by atoms with Crippen LogP contribution in [0.15, 0.2) is 24.3 Å². The standard InChI is InChI=1S/C15H19F2NO3/c1-9(2)6-12(15(20)21)8-18-14(19)11-5-3-4-10(7-11)13(16)17/h3-5,7,9,12-13H,6,8H2,1-2H3,(H,18,19)(H,20,21). The van der Waals surface area contributed by atoms with Crippen molar-refractivity contribution in [1.29, 1.82) is 0 Å². The molecule has 0 fully saturated rings.